The van der Waals surface area contributed by atoms with Crippen molar-refractivity contribution in [2.75, 3.05) is 18.0 Å². The Hall–Kier alpha value is -1.66. The van der Waals surface area contributed by atoms with Crippen LogP contribution in [0.2, 0.25) is 0 Å². The van der Waals surface area contributed by atoms with Gasteiger partial charge < -0.3 is 10.2 Å². The molecule has 2 aromatic rings. The Morgan fingerprint density at radius 3 is 3.14 bits per heavy atom. The Balaban J connectivity index is 1.71. The minimum atomic E-state index is -0.00644. The molecule has 2 aliphatic heterocycles. The topological polar surface area (TPSA) is 61.0 Å². The molecular weight excluding hydrogens is 332 g/mol. The Bertz CT molecular complexity index is 724. The molecule has 0 atom stereocenters. The van der Waals surface area contributed by atoms with Gasteiger partial charge in [0, 0.05) is 47.5 Å². The summed E-state index contributed by atoms with van der Waals surface area (Å²) in [7, 11) is 0. The largest absolute Gasteiger partial charge is 0.312 e. The molecule has 0 saturated carbocycles. The number of aromatic amines is 1. The van der Waals surface area contributed by atoms with Crippen molar-refractivity contribution < 1.29 is 4.79 Å². The number of hydrogen-bond acceptors (Lipinski definition) is 3. The van der Waals surface area contributed by atoms with Crippen molar-refractivity contribution in [3.05, 3.63) is 45.2 Å². The Morgan fingerprint density at radius 1 is 1.33 bits per heavy atom. The summed E-state index contributed by atoms with van der Waals surface area (Å²) in [5.74, 6) is -0.00644. The summed E-state index contributed by atoms with van der Waals surface area (Å²) in [6.07, 6.45) is 1.80. The summed E-state index contributed by atoms with van der Waals surface area (Å²) in [5, 5.41) is 10.6. The normalized spacial score (nSPS) is 16.7. The molecule has 0 aliphatic carbocycles. The number of benzene rings is 1. The average molecular weight is 347 g/mol. The van der Waals surface area contributed by atoms with Crippen LogP contribution in [-0.4, -0.2) is 29.2 Å². The Labute approximate surface area is 130 Å². The monoisotopic (exact) mass is 346 g/mol. The molecule has 0 unspecified atom stereocenters. The average Bonchev–Trinajstić information content (AvgIpc) is 3.10. The maximum Gasteiger partial charge on any atom is 0.279 e. The smallest absolute Gasteiger partial charge is 0.279 e. The molecule has 1 amide bonds. The van der Waals surface area contributed by atoms with E-state index in [1.807, 2.05) is 17.0 Å². The predicted molar refractivity (Wildman–Crippen MR) is 83.5 cm³/mol. The van der Waals surface area contributed by atoms with Gasteiger partial charge >= 0.3 is 0 Å². The molecule has 0 fully saturated rings. The van der Waals surface area contributed by atoms with Crippen LogP contribution in [0.3, 0.4) is 0 Å². The van der Waals surface area contributed by atoms with Crippen LogP contribution in [-0.2, 0) is 19.4 Å². The zero-order chi connectivity index (χ0) is 14.4. The van der Waals surface area contributed by atoms with Gasteiger partial charge in [0.2, 0.25) is 0 Å². The summed E-state index contributed by atoms with van der Waals surface area (Å²) in [6, 6.07) is 6.11. The first-order chi connectivity index (χ1) is 10.2. The second kappa shape index (κ2) is 4.96. The first kappa shape index (κ1) is 13.0. The van der Waals surface area contributed by atoms with E-state index in [9.17, 15) is 4.79 Å². The molecule has 2 aliphatic rings. The first-order valence-electron chi connectivity index (χ1n) is 7.11. The molecule has 21 heavy (non-hydrogen) atoms. The highest BCUT2D eigenvalue weighted by molar-refractivity contribution is 9.10. The lowest BCUT2D eigenvalue weighted by Gasteiger charge is -2.18. The molecule has 0 radical (unpaired) electrons. The van der Waals surface area contributed by atoms with Gasteiger partial charge in [-0.25, -0.2) is 0 Å². The van der Waals surface area contributed by atoms with Crippen molar-refractivity contribution in [1.29, 1.82) is 0 Å². The lowest BCUT2D eigenvalue weighted by atomic mass is 10.1. The van der Waals surface area contributed by atoms with Gasteiger partial charge in [0.25, 0.3) is 5.91 Å². The number of fused-ring (bicyclic) bond motifs is 2. The van der Waals surface area contributed by atoms with E-state index in [-0.39, 0.29) is 5.91 Å². The fraction of sp³-hybridized carbons (Fsp3) is 0.333. The van der Waals surface area contributed by atoms with Crippen LogP contribution in [0.4, 0.5) is 5.69 Å². The molecule has 108 valence electrons. The van der Waals surface area contributed by atoms with E-state index in [0.717, 1.165) is 47.3 Å². The van der Waals surface area contributed by atoms with E-state index in [4.69, 9.17) is 0 Å². The molecule has 1 aromatic heterocycles. The van der Waals surface area contributed by atoms with Crippen LogP contribution in [0.25, 0.3) is 0 Å². The van der Waals surface area contributed by atoms with Crippen LogP contribution in [0.5, 0.6) is 0 Å². The van der Waals surface area contributed by atoms with Gasteiger partial charge in [-0.05, 0) is 24.1 Å². The van der Waals surface area contributed by atoms with E-state index in [1.165, 1.54) is 5.56 Å². The second-order valence-corrected chi connectivity index (χ2v) is 6.35. The maximum absolute atomic E-state index is 12.9. The fourth-order valence-electron chi connectivity index (χ4n) is 3.09. The molecule has 5 nitrogen and oxygen atoms in total. The molecule has 1 aromatic carbocycles. The van der Waals surface area contributed by atoms with Gasteiger partial charge in [-0.1, -0.05) is 22.0 Å². The Kier molecular flexibility index (Phi) is 3.08. The van der Waals surface area contributed by atoms with Crippen molar-refractivity contribution in [2.24, 2.45) is 0 Å². The van der Waals surface area contributed by atoms with Gasteiger partial charge in [-0.15, -0.1) is 0 Å². The summed E-state index contributed by atoms with van der Waals surface area (Å²) >= 11 is 3.48. The van der Waals surface area contributed by atoms with E-state index < -0.39 is 0 Å². The lowest BCUT2D eigenvalue weighted by molar-refractivity contribution is 0.0983. The van der Waals surface area contributed by atoms with Crippen molar-refractivity contribution in [3.8, 4) is 0 Å². The summed E-state index contributed by atoms with van der Waals surface area (Å²) in [5.41, 5.74) is 4.88. The van der Waals surface area contributed by atoms with Crippen molar-refractivity contribution >= 4 is 27.5 Å². The predicted octanol–water partition coefficient (Wildman–Crippen LogP) is 2.02. The highest BCUT2D eigenvalue weighted by atomic mass is 79.9. The molecular formula is C15H15BrN4O. The number of carbonyl (C=O) groups is 1. The summed E-state index contributed by atoms with van der Waals surface area (Å²) in [6.45, 7) is 2.37. The van der Waals surface area contributed by atoms with Crippen molar-refractivity contribution in [1.82, 2.24) is 15.5 Å². The SMILES string of the molecule is O=C(c1n[nH]c2c1CNCC2)N1CCc2ccc(Br)cc21. The number of nitrogens with one attached hydrogen (secondary N) is 2. The zero-order valence-electron chi connectivity index (χ0n) is 11.4. The summed E-state index contributed by atoms with van der Waals surface area (Å²) < 4.78 is 0.992. The van der Waals surface area contributed by atoms with Crippen molar-refractivity contribution in [3.63, 3.8) is 0 Å². The quantitative estimate of drug-likeness (QED) is 0.830. The number of carbonyl (C=O) groups excluding carboxylic acids is 1. The van der Waals surface area contributed by atoms with Gasteiger partial charge in [-0.2, -0.15) is 5.10 Å². The lowest BCUT2D eigenvalue weighted by Crippen LogP contribution is -2.31. The number of H-pyrrole nitrogens is 1. The van der Waals surface area contributed by atoms with E-state index >= 15 is 0 Å². The third-order valence-corrected chi connectivity index (χ3v) is 4.69. The van der Waals surface area contributed by atoms with Crippen LogP contribution >= 0.6 is 15.9 Å². The molecule has 0 spiro atoms. The molecule has 2 N–H and O–H groups in total. The van der Waals surface area contributed by atoms with Crippen LogP contribution < -0.4 is 10.2 Å². The first-order valence-corrected chi connectivity index (χ1v) is 7.90. The molecule has 6 heteroatoms. The molecule has 3 heterocycles. The maximum atomic E-state index is 12.9. The number of halogens is 1. The number of amides is 1. The minimum absolute atomic E-state index is 0.00644. The van der Waals surface area contributed by atoms with Gasteiger partial charge in [0.05, 0.1) is 0 Å². The molecule has 4 rings (SSSR count). The number of anilines is 1. The zero-order valence-corrected chi connectivity index (χ0v) is 13.0. The van der Waals surface area contributed by atoms with Crippen LogP contribution in [0, 0.1) is 0 Å². The highest BCUT2D eigenvalue weighted by Gasteiger charge is 2.30. The van der Waals surface area contributed by atoms with Crippen LogP contribution in [0.15, 0.2) is 22.7 Å². The second-order valence-electron chi connectivity index (χ2n) is 5.44. The van der Waals surface area contributed by atoms with Crippen molar-refractivity contribution in [2.45, 2.75) is 19.4 Å². The Morgan fingerprint density at radius 2 is 2.24 bits per heavy atom. The molecule has 0 bridgehead atoms. The van der Waals surface area contributed by atoms with E-state index in [2.05, 4.69) is 37.5 Å². The highest BCUT2D eigenvalue weighted by Crippen LogP contribution is 2.32. The van der Waals surface area contributed by atoms with E-state index in [0.29, 0.717) is 12.2 Å². The standard InChI is InChI=1S/C15H15BrN4O/c16-10-2-1-9-4-6-20(13(9)7-10)15(21)14-11-8-17-5-3-12(11)18-19-14/h1-2,7,17H,3-6,8H2,(H,18,19). The minimum Gasteiger partial charge on any atom is -0.312 e. The number of hydrogen-bond donors (Lipinski definition) is 2. The number of aromatic nitrogens is 2. The fourth-order valence-corrected chi connectivity index (χ4v) is 3.44. The molecule has 0 saturated heterocycles. The summed E-state index contributed by atoms with van der Waals surface area (Å²) in [4.78, 5) is 14.7. The van der Waals surface area contributed by atoms with E-state index in [1.54, 1.807) is 0 Å². The third kappa shape index (κ3) is 2.10. The number of nitrogens with zero attached hydrogens (tertiary/aromatic N) is 2. The number of rotatable bonds is 1. The van der Waals surface area contributed by atoms with Crippen LogP contribution in [0.1, 0.15) is 27.3 Å². The van der Waals surface area contributed by atoms with Gasteiger partial charge in [-0.3, -0.25) is 9.89 Å². The van der Waals surface area contributed by atoms with Gasteiger partial charge in [0.15, 0.2) is 5.69 Å². The third-order valence-electron chi connectivity index (χ3n) is 4.20. The van der Waals surface area contributed by atoms with Gasteiger partial charge in [0.1, 0.15) is 0 Å².